The molecule has 6 nitrogen and oxygen atoms in total. The molecular weight excluding hydrogens is 218 g/mol. The van der Waals surface area contributed by atoms with E-state index in [1.165, 1.54) is 0 Å². The zero-order valence-electron chi connectivity index (χ0n) is 9.92. The van der Waals surface area contributed by atoms with Gasteiger partial charge in [0.1, 0.15) is 5.75 Å². The first-order valence-corrected chi connectivity index (χ1v) is 5.36. The summed E-state index contributed by atoms with van der Waals surface area (Å²) in [5.74, 6) is 1.54. The highest BCUT2D eigenvalue weighted by Gasteiger charge is 2.02. The molecule has 0 aliphatic heterocycles. The van der Waals surface area contributed by atoms with Crippen LogP contribution in [0.25, 0.3) is 0 Å². The molecule has 0 spiro atoms. The number of rotatable bonds is 5. The lowest BCUT2D eigenvalue weighted by molar-refractivity contribution is 0.414. The third-order valence-corrected chi connectivity index (χ3v) is 2.31. The minimum Gasteiger partial charge on any atom is -0.497 e. The van der Waals surface area contributed by atoms with Crippen molar-refractivity contribution in [2.24, 2.45) is 0 Å². The zero-order valence-corrected chi connectivity index (χ0v) is 9.92. The molecule has 0 bridgehead atoms. The highest BCUT2D eigenvalue weighted by atomic mass is 16.5. The van der Waals surface area contributed by atoms with Gasteiger partial charge in [0.25, 0.3) is 0 Å². The predicted molar refractivity (Wildman–Crippen MR) is 62.7 cm³/mol. The Kier molecular flexibility index (Phi) is 3.66. The number of hydrogen-bond acceptors (Lipinski definition) is 5. The lowest BCUT2D eigenvalue weighted by atomic mass is 10.2. The van der Waals surface area contributed by atoms with Gasteiger partial charge < -0.3 is 10.1 Å². The maximum Gasteiger partial charge on any atom is 0.188 e. The number of nitrogens with one attached hydrogen (secondary N) is 1. The molecule has 0 radical (unpaired) electrons. The predicted octanol–water partition coefficient (Wildman–Crippen LogP) is 0.449. The van der Waals surface area contributed by atoms with Crippen molar-refractivity contribution in [1.82, 2.24) is 25.5 Å². The van der Waals surface area contributed by atoms with Gasteiger partial charge >= 0.3 is 0 Å². The second kappa shape index (κ2) is 5.40. The number of hydrogen-bond donors (Lipinski definition) is 1. The number of tetrazole rings is 1. The number of aromatic nitrogens is 4. The highest BCUT2D eigenvalue weighted by molar-refractivity contribution is 5.26. The van der Waals surface area contributed by atoms with Gasteiger partial charge in [-0.15, -0.1) is 10.2 Å². The molecule has 2 aromatic rings. The maximum absolute atomic E-state index is 5.10. The molecule has 1 heterocycles. The lowest BCUT2D eigenvalue weighted by Gasteiger charge is -2.02. The standard InChI is InChI=1S/C11H15N5O/c1-12-7-11-13-15-16(14-11)8-9-3-5-10(17-2)6-4-9/h3-6,12H,7-8H2,1-2H3. The van der Waals surface area contributed by atoms with Gasteiger partial charge in [-0.1, -0.05) is 12.1 Å². The SMILES string of the molecule is CNCc1nnn(Cc2ccc(OC)cc2)n1. The van der Waals surface area contributed by atoms with Crippen molar-refractivity contribution < 1.29 is 4.74 Å². The molecule has 6 heteroatoms. The van der Waals surface area contributed by atoms with Crippen LogP contribution < -0.4 is 10.1 Å². The van der Waals surface area contributed by atoms with Crippen LogP contribution in [0.5, 0.6) is 5.75 Å². The molecule has 0 aliphatic rings. The van der Waals surface area contributed by atoms with Gasteiger partial charge in [0.2, 0.25) is 0 Å². The molecule has 0 fully saturated rings. The van der Waals surface area contributed by atoms with Gasteiger partial charge in [0.15, 0.2) is 5.82 Å². The Labute approximate surface area is 99.6 Å². The van der Waals surface area contributed by atoms with Crippen LogP contribution in [0.2, 0.25) is 0 Å². The summed E-state index contributed by atoms with van der Waals surface area (Å²) in [7, 11) is 3.50. The van der Waals surface area contributed by atoms with E-state index in [1.807, 2.05) is 31.3 Å². The number of methoxy groups -OCH3 is 1. The molecular formula is C11H15N5O. The van der Waals surface area contributed by atoms with Crippen LogP contribution in [0.15, 0.2) is 24.3 Å². The van der Waals surface area contributed by atoms with Crippen molar-refractivity contribution in [3.8, 4) is 5.75 Å². The first kappa shape index (κ1) is 11.5. The first-order valence-electron chi connectivity index (χ1n) is 5.36. The van der Waals surface area contributed by atoms with E-state index in [2.05, 4.69) is 20.7 Å². The van der Waals surface area contributed by atoms with Crippen LogP contribution in [0.4, 0.5) is 0 Å². The van der Waals surface area contributed by atoms with Crippen molar-refractivity contribution in [1.29, 1.82) is 0 Å². The minimum absolute atomic E-state index is 0.612. The van der Waals surface area contributed by atoms with E-state index in [0.29, 0.717) is 18.9 Å². The van der Waals surface area contributed by atoms with Crippen molar-refractivity contribution in [2.45, 2.75) is 13.1 Å². The molecule has 0 saturated heterocycles. The Morgan fingerprint density at radius 2 is 2.06 bits per heavy atom. The molecule has 1 aromatic heterocycles. The summed E-state index contributed by atoms with van der Waals surface area (Å²) in [4.78, 5) is 1.58. The third-order valence-electron chi connectivity index (χ3n) is 2.31. The third kappa shape index (κ3) is 3.01. The van der Waals surface area contributed by atoms with Crippen LogP contribution >= 0.6 is 0 Å². The van der Waals surface area contributed by atoms with E-state index in [9.17, 15) is 0 Å². The number of ether oxygens (including phenoxy) is 1. The van der Waals surface area contributed by atoms with E-state index in [4.69, 9.17) is 4.74 Å². The Bertz CT molecular complexity index is 465. The molecule has 0 atom stereocenters. The summed E-state index contributed by atoms with van der Waals surface area (Å²) < 4.78 is 5.10. The molecule has 0 unspecified atom stereocenters. The van der Waals surface area contributed by atoms with Gasteiger partial charge in [-0.2, -0.15) is 4.80 Å². The van der Waals surface area contributed by atoms with E-state index < -0.39 is 0 Å². The molecule has 1 N–H and O–H groups in total. The fraction of sp³-hybridized carbons (Fsp3) is 0.364. The smallest absolute Gasteiger partial charge is 0.188 e. The molecule has 0 saturated carbocycles. The molecule has 2 rings (SSSR count). The monoisotopic (exact) mass is 233 g/mol. The van der Waals surface area contributed by atoms with Crippen LogP contribution in [-0.2, 0) is 13.1 Å². The fourth-order valence-corrected chi connectivity index (χ4v) is 1.47. The quantitative estimate of drug-likeness (QED) is 0.812. The van der Waals surface area contributed by atoms with Crippen LogP contribution in [0, 0.1) is 0 Å². The minimum atomic E-state index is 0.612. The van der Waals surface area contributed by atoms with Gasteiger partial charge in [-0.25, -0.2) is 0 Å². The average Bonchev–Trinajstić information content (AvgIpc) is 2.78. The highest BCUT2D eigenvalue weighted by Crippen LogP contribution is 2.11. The summed E-state index contributed by atoms with van der Waals surface area (Å²) in [5.41, 5.74) is 1.11. The summed E-state index contributed by atoms with van der Waals surface area (Å²) in [6.45, 7) is 1.24. The average molecular weight is 233 g/mol. The Morgan fingerprint density at radius 1 is 1.29 bits per heavy atom. The van der Waals surface area contributed by atoms with Gasteiger partial charge in [-0.05, 0) is 30.0 Å². The van der Waals surface area contributed by atoms with E-state index in [-0.39, 0.29) is 0 Å². The van der Waals surface area contributed by atoms with E-state index in [1.54, 1.807) is 11.9 Å². The fourth-order valence-electron chi connectivity index (χ4n) is 1.47. The van der Waals surface area contributed by atoms with Crippen LogP contribution in [0.3, 0.4) is 0 Å². The topological polar surface area (TPSA) is 64.9 Å². The second-order valence-electron chi connectivity index (χ2n) is 3.61. The van der Waals surface area contributed by atoms with Gasteiger partial charge in [-0.3, -0.25) is 0 Å². The molecule has 90 valence electrons. The lowest BCUT2D eigenvalue weighted by Crippen LogP contribution is -2.08. The number of benzene rings is 1. The zero-order chi connectivity index (χ0) is 12.1. The van der Waals surface area contributed by atoms with Gasteiger partial charge in [0.05, 0.1) is 20.2 Å². The van der Waals surface area contributed by atoms with Crippen molar-refractivity contribution in [3.63, 3.8) is 0 Å². The number of nitrogens with zero attached hydrogens (tertiary/aromatic N) is 4. The normalized spacial score (nSPS) is 10.5. The molecule has 0 aliphatic carbocycles. The maximum atomic E-state index is 5.10. The molecule has 0 amide bonds. The Hall–Kier alpha value is -1.95. The largest absolute Gasteiger partial charge is 0.497 e. The first-order chi connectivity index (χ1) is 8.31. The van der Waals surface area contributed by atoms with Crippen molar-refractivity contribution in [2.75, 3.05) is 14.2 Å². The summed E-state index contributed by atoms with van der Waals surface area (Å²) in [5, 5.41) is 15.1. The molecule has 1 aromatic carbocycles. The van der Waals surface area contributed by atoms with Gasteiger partial charge in [0, 0.05) is 0 Å². The van der Waals surface area contributed by atoms with E-state index in [0.717, 1.165) is 11.3 Å². The molecule has 17 heavy (non-hydrogen) atoms. The van der Waals surface area contributed by atoms with Crippen molar-refractivity contribution >= 4 is 0 Å². The Balaban J connectivity index is 2.03. The van der Waals surface area contributed by atoms with Crippen molar-refractivity contribution in [3.05, 3.63) is 35.7 Å². The van der Waals surface area contributed by atoms with Crippen LogP contribution in [0.1, 0.15) is 11.4 Å². The summed E-state index contributed by atoms with van der Waals surface area (Å²) in [6.07, 6.45) is 0. The second-order valence-corrected chi connectivity index (χ2v) is 3.61. The van der Waals surface area contributed by atoms with E-state index >= 15 is 0 Å². The summed E-state index contributed by atoms with van der Waals surface area (Å²) >= 11 is 0. The van der Waals surface area contributed by atoms with Crippen LogP contribution in [-0.4, -0.2) is 34.4 Å². The summed E-state index contributed by atoms with van der Waals surface area (Å²) in [6, 6.07) is 7.81. The Morgan fingerprint density at radius 3 is 2.71 bits per heavy atom.